The topological polar surface area (TPSA) is 48.2 Å². The zero-order chi connectivity index (χ0) is 24.3. The van der Waals surface area contributed by atoms with Gasteiger partial charge in [-0.2, -0.15) is 0 Å². The molecule has 0 amide bonds. The highest BCUT2D eigenvalue weighted by atomic mass is 16.5. The smallest absolute Gasteiger partial charge is 0.180 e. The Balaban J connectivity index is 0.990. The third kappa shape index (κ3) is 5.24. The Morgan fingerprint density at radius 1 is 0.917 bits per heavy atom. The summed E-state index contributed by atoms with van der Waals surface area (Å²) in [6, 6.07) is 17.5. The third-order valence-corrected chi connectivity index (χ3v) is 8.37. The zero-order valence-corrected chi connectivity index (χ0v) is 21.5. The van der Waals surface area contributed by atoms with Crippen molar-refractivity contribution < 1.29 is 9.26 Å². The SMILES string of the molecule is CCN1CCN(Cc2cccc(OC[C@@H]3CC[C@@H]4CN(c5noc6ccccc56)CCN4C3)c2)CC1. The number of para-hydroxylation sites is 1. The standard InChI is InChI=1S/C29H39N5O2/c1-2-31-12-14-32(15-13-31)19-23-6-5-7-26(18-23)35-22-24-10-11-25-21-34(17-16-33(25)20-24)29-27-8-3-4-9-28(27)36-30-29/h3-9,18,24-25H,2,10-17,19-22H2,1H3/t24-,25-/m1/s1. The summed E-state index contributed by atoms with van der Waals surface area (Å²) in [5.41, 5.74) is 2.23. The average molecular weight is 490 g/mol. The zero-order valence-electron chi connectivity index (χ0n) is 21.5. The molecule has 0 bridgehead atoms. The first kappa shape index (κ1) is 23.8. The summed E-state index contributed by atoms with van der Waals surface area (Å²) in [5.74, 6) is 2.61. The minimum Gasteiger partial charge on any atom is -0.493 e. The first-order valence-corrected chi connectivity index (χ1v) is 13.7. The van der Waals surface area contributed by atoms with Crippen LogP contribution in [-0.4, -0.2) is 91.4 Å². The first-order valence-electron chi connectivity index (χ1n) is 13.7. The number of rotatable bonds is 7. The fourth-order valence-corrected chi connectivity index (χ4v) is 6.16. The van der Waals surface area contributed by atoms with E-state index in [9.17, 15) is 0 Å². The van der Waals surface area contributed by atoms with Gasteiger partial charge in [0.2, 0.25) is 0 Å². The van der Waals surface area contributed by atoms with Gasteiger partial charge in [0, 0.05) is 70.9 Å². The van der Waals surface area contributed by atoms with Crippen molar-refractivity contribution in [1.29, 1.82) is 0 Å². The molecule has 3 aliphatic heterocycles. The summed E-state index contributed by atoms with van der Waals surface area (Å²) in [5, 5.41) is 5.52. The van der Waals surface area contributed by atoms with Gasteiger partial charge in [-0.25, -0.2) is 0 Å². The number of benzene rings is 2. The maximum Gasteiger partial charge on any atom is 0.180 e. The Morgan fingerprint density at radius 3 is 2.67 bits per heavy atom. The number of nitrogens with zero attached hydrogens (tertiary/aromatic N) is 5. The molecule has 1 aromatic heterocycles. The summed E-state index contributed by atoms with van der Waals surface area (Å²) < 4.78 is 11.9. The van der Waals surface area contributed by atoms with Crippen LogP contribution in [0.1, 0.15) is 25.3 Å². The largest absolute Gasteiger partial charge is 0.493 e. The van der Waals surface area contributed by atoms with Crippen molar-refractivity contribution in [3.63, 3.8) is 0 Å². The lowest BCUT2D eigenvalue weighted by atomic mass is 9.91. The molecule has 0 N–H and O–H groups in total. The van der Waals surface area contributed by atoms with Gasteiger partial charge >= 0.3 is 0 Å². The minimum absolute atomic E-state index is 0.585. The van der Waals surface area contributed by atoms with E-state index in [2.05, 4.69) is 68.1 Å². The number of fused-ring (bicyclic) bond motifs is 2. The molecule has 7 nitrogen and oxygen atoms in total. The molecule has 0 saturated carbocycles. The Hall–Kier alpha value is -2.61. The highest BCUT2D eigenvalue weighted by Gasteiger charge is 2.34. The fraction of sp³-hybridized carbons (Fsp3) is 0.552. The Morgan fingerprint density at radius 2 is 1.78 bits per heavy atom. The van der Waals surface area contributed by atoms with E-state index in [1.165, 1.54) is 31.5 Å². The second-order valence-electron chi connectivity index (χ2n) is 10.7. The molecule has 0 radical (unpaired) electrons. The molecule has 192 valence electrons. The molecule has 3 saturated heterocycles. The summed E-state index contributed by atoms with van der Waals surface area (Å²) in [6.45, 7) is 14.1. The Kier molecular flexibility index (Phi) is 7.12. The van der Waals surface area contributed by atoms with E-state index in [4.69, 9.17) is 9.26 Å². The molecule has 0 unspecified atom stereocenters. The lowest BCUT2D eigenvalue weighted by Crippen LogP contribution is -2.57. The minimum atomic E-state index is 0.585. The molecular formula is C29H39N5O2. The maximum atomic E-state index is 6.33. The Labute approximate surface area is 214 Å². The number of likely N-dealkylation sites (N-methyl/N-ethyl adjacent to an activating group) is 1. The monoisotopic (exact) mass is 489 g/mol. The molecular weight excluding hydrogens is 450 g/mol. The summed E-state index contributed by atoms with van der Waals surface area (Å²) in [4.78, 5) is 10.2. The van der Waals surface area contributed by atoms with Gasteiger partial charge in [0.25, 0.3) is 0 Å². The summed E-state index contributed by atoms with van der Waals surface area (Å²) in [6.07, 6.45) is 2.43. The molecule has 3 aromatic rings. The molecule has 2 atom stereocenters. The molecule has 3 aliphatic rings. The van der Waals surface area contributed by atoms with Crippen molar-refractivity contribution in [1.82, 2.24) is 19.9 Å². The van der Waals surface area contributed by atoms with Crippen LogP contribution in [0.4, 0.5) is 5.82 Å². The van der Waals surface area contributed by atoms with E-state index in [1.54, 1.807) is 0 Å². The van der Waals surface area contributed by atoms with Crippen LogP contribution in [0.15, 0.2) is 53.1 Å². The van der Waals surface area contributed by atoms with Crippen LogP contribution < -0.4 is 9.64 Å². The van der Waals surface area contributed by atoms with Crippen LogP contribution >= 0.6 is 0 Å². The average Bonchev–Trinajstić information content (AvgIpc) is 3.36. The third-order valence-electron chi connectivity index (χ3n) is 8.37. The molecule has 2 aromatic carbocycles. The van der Waals surface area contributed by atoms with E-state index in [0.29, 0.717) is 12.0 Å². The lowest BCUT2D eigenvalue weighted by Gasteiger charge is -2.46. The second kappa shape index (κ2) is 10.8. The lowest BCUT2D eigenvalue weighted by molar-refractivity contribution is 0.0726. The van der Waals surface area contributed by atoms with Gasteiger partial charge in [0.05, 0.1) is 12.0 Å². The van der Waals surface area contributed by atoms with Crippen molar-refractivity contribution in [2.24, 2.45) is 5.92 Å². The predicted octanol–water partition coefficient (Wildman–Crippen LogP) is 3.94. The van der Waals surface area contributed by atoms with Gasteiger partial charge in [-0.3, -0.25) is 9.80 Å². The van der Waals surface area contributed by atoms with E-state index in [1.807, 2.05) is 12.1 Å². The molecule has 0 aliphatic carbocycles. The number of piperidine rings is 1. The Bertz CT molecular complexity index is 1140. The molecule has 36 heavy (non-hydrogen) atoms. The van der Waals surface area contributed by atoms with Gasteiger partial charge in [-0.15, -0.1) is 0 Å². The van der Waals surface area contributed by atoms with Crippen molar-refractivity contribution in [2.75, 3.05) is 70.4 Å². The number of hydrogen-bond donors (Lipinski definition) is 0. The first-order chi connectivity index (χ1) is 17.7. The fourth-order valence-electron chi connectivity index (χ4n) is 6.16. The van der Waals surface area contributed by atoms with E-state index >= 15 is 0 Å². The van der Waals surface area contributed by atoms with Gasteiger partial charge in [0.1, 0.15) is 5.75 Å². The van der Waals surface area contributed by atoms with Crippen LogP contribution in [0.2, 0.25) is 0 Å². The van der Waals surface area contributed by atoms with Crippen LogP contribution in [0, 0.1) is 5.92 Å². The van der Waals surface area contributed by atoms with Crippen LogP contribution in [0.25, 0.3) is 11.0 Å². The van der Waals surface area contributed by atoms with Gasteiger partial charge in [-0.1, -0.05) is 36.3 Å². The number of piperazine rings is 2. The van der Waals surface area contributed by atoms with Gasteiger partial charge in [-0.05, 0) is 49.2 Å². The molecule has 7 heteroatoms. The number of anilines is 1. The van der Waals surface area contributed by atoms with E-state index in [0.717, 1.165) is 81.5 Å². The van der Waals surface area contributed by atoms with Crippen LogP contribution in [0.5, 0.6) is 5.75 Å². The quantitative estimate of drug-likeness (QED) is 0.498. The number of ether oxygens (including phenoxy) is 1. The van der Waals surface area contributed by atoms with E-state index < -0.39 is 0 Å². The highest BCUT2D eigenvalue weighted by Crippen LogP contribution is 2.31. The molecule has 4 heterocycles. The predicted molar refractivity (Wildman–Crippen MR) is 144 cm³/mol. The molecule has 3 fully saturated rings. The van der Waals surface area contributed by atoms with Gasteiger partial charge in [0.15, 0.2) is 11.4 Å². The number of hydrogen-bond acceptors (Lipinski definition) is 7. The van der Waals surface area contributed by atoms with Crippen LogP contribution in [-0.2, 0) is 6.54 Å². The normalized spacial score (nSPS) is 24.2. The highest BCUT2D eigenvalue weighted by molar-refractivity contribution is 5.88. The van der Waals surface area contributed by atoms with E-state index in [-0.39, 0.29) is 0 Å². The van der Waals surface area contributed by atoms with Crippen molar-refractivity contribution in [3.8, 4) is 5.75 Å². The second-order valence-corrected chi connectivity index (χ2v) is 10.7. The maximum absolute atomic E-state index is 6.33. The molecule has 0 spiro atoms. The van der Waals surface area contributed by atoms with Crippen molar-refractivity contribution in [3.05, 3.63) is 54.1 Å². The molecule has 6 rings (SSSR count). The summed E-state index contributed by atoms with van der Waals surface area (Å²) in [7, 11) is 0. The van der Waals surface area contributed by atoms with Crippen molar-refractivity contribution in [2.45, 2.75) is 32.4 Å². The summed E-state index contributed by atoms with van der Waals surface area (Å²) >= 11 is 0. The van der Waals surface area contributed by atoms with Crippen molar-refractivity contribution >= 4 is 16.8 Å². The van der Waals surface area contributed by atoms with Gasteiger partial charge < -0.3 is 19.1 Å². The number of aromatic nitrogens is 1. The van der Waals surface area contributed by atoms with Crippen LogP contribution in [0.3, 0.4) is 0 Å².